The number of nitrogens with one attached hydrogen (secondary N) is 1. The van der Waals surface area contributed by atoms with Gasteiger partial charge in [-0.15, -0.1) is 0 Å². The van der Waals surface area contributed by atoms with Gasteiger partial charge in [-0.25, -0.2) is 4.79 Å². The van der Waals surface area contributed by atoms with Crippen LogP contribution in [0, 0.1) is 5.92 Å². The minimum Gasteiger partial charge on any atom is -0.496 e. The molecule has 0 spiro atoms. The van der Waals surface area contributed by atoms with E-state index < -0.39 is 5.97 Å². The van der Waals surface area contributed by atoms with E-state index in [-0.39, 0.29) is 29.1 Å². The number of carbonyl (C=O) groups excluding carboxylic acids is 1. The van der Waals surface area contributed by atoms with E-state index in [1.165, 1.54) is 19.2 Å². The monoisotopic (exact) mass is 327 g/mol. The van der Waals surface area contributed by atoms with E-state index >= 15 is 0 Å². The quantitative estimate of drug-likeness (QED) is 0.847. The number of rotatable bonds is 6. The van der Waals surface area contributed by atoms with Crippen molar-refractivity contribution in [3.63, 3.8) is 0 Å². The van der Waals surface area contributed by atoms with Gasteiger partial charge >= 0.3 is 5.97 Å². The number of ether oxygens (including phenoxy) is 1. The minimum absolute atomic E-state index is 0.0546. The first kappa shape index (κ1) is 17.5. The second-order valence-corrected chi connectivity index (χ2v) is 5.84. The van der Waals surface area contributed by atoms with Crippen LogP contribution in [-0.4, -0.2) is 24.1 Å². The zero-order valence-electron chi connectivity index (χ0n) is 13.9. The Hall–Kier alpha value is -2.82. The van der Waals surface area contributed by atoms with E-state index in [0.717, 1.165) is 5.56 Å². The number of carboxylic acid groups (broad SMARTS) is 1. The molecule has 2 aromatic rings. The van der Waals surface area contributed by atoms with Gasteiger partial charge in [-0.05, 0) is 23.6 Å². The zero-order valence-corrected chi connectivity index (χ0v) is 13.9. The predicted molar refractivity (Wildman–Crippen MR) is 92.6 cm³/mol. The third kappa shape index (κ3) is 3.93. The van der Waals surface area contributed by atoms with Gasteiger partial charge in [0.05, 0.1) is 13.0 Å². The second kappa shape index (κ2) is 7.64. The SMILES string of the molecule is COc1cc(NC(=O)C(c2ccccc2)C(C)C)ccc1C(=O)O. The number of carboxylic acids is 1. The summed E-state index contributed by atoms with van der Waals surface area (Å²) in [6.45, 7) is 3.98. The molecule has 0 aliphatic heterocycles. The van der Waals surface area contributed by atoms with Crippen LogP contribution in [0.5, 0.6) is 5.75 Å². The Kier molecular flexibility index (Phi) is 5.58. The standard InChI is InChI=1S/C19H21NO4/c1-12(2)17(13-7-5-4-6-8-13)18(21)20-14-9-10-15(19(22)23)16(11-14)24-3/h4-12,17H,1-3H3,(H,20,21)(H,22,23). The molecular weight excluding hydrogens is 306 g/mol. The highest BCUT2D eigenvalue weighted by atomic mass is 16.5. The Labute approximate surface area is 141 Å². The fraction of sp³-hybridized carbons (Fsp3) is 0.263. The molecule has 126 valence electrons. The van der Waals surface area contributed by atoms with Gasteiger partial charge in [0, 0.05) is 11.8 Å². The van der Waals surface area contributed by atoms with E-state index in [9.17, 15) is 9.59 Å². The van der Waals surface area contributed by atoms with E-state index in [1.807, 2.05) is 44.2 Å². The molecule has 1 amide bonds. The van der Waals surface area contributed by atoms with Crippen molar-refractivity contribution in [2.45, 2.75) is 19.8 Å². The molecule has 24 heavy (non-hydrogen) atoms. The van der Waals surface area contributed by atoms with Crippen molar-refractivity contribution in [2.24, 2.45) is 5.92 Å². The first-order valence-corrected chi connectivity index (χ1v) is 7.71. The molecule has 0 heterocycles. The summed E-state index contributed by atoms with van der Waals surface area (Å²) in [5.74, 6) is -1.18. The van der Waals surface area contributed by atoms with Crippen LogP contribution >= 0.6 is 0 Å². The maximum Gasteiger partial charge on any atom is 0.339 e. The summed E-state index contributed by atoms with van der Waals surface area (Å²) in [7, 11) is 1.40. The summed E-state index contributed by atoms with van der Waals surface area (Å²) < 4.78 is 5.09. The highest BCUT2D eigenvalue weighted by Gasteiger charge is 2.24. The molecule has 1 atom stereocenters. The molecule has 0 aromatic heterocycles. The molecule has 5 nitrogen and oxygen atoms in total. The number of benzene rings is 2. The van der Waals surface area contributed by atoms with Crippen molar-refractivity contribution < 1.29 is 19.4 Å². The highest BCUT2D eigenvalue weighted by Crippen LogP contribution is 2.28. The van der Waals surface area contributed by atoms with Gasteiger partial charge in [-0.3, -0.25) is 4.79 Å². The molecule has 0 bridgehead atoms. The molecule has 0 fully saturated rings. The maximum absolute atomic E-state index is 12.7. The number of amides is 1. The fourth-order valence-corrected chi connectivity index (χ4v) is 2.67. The molecule has 1 unspecified atom stereocenters. The maximum atomic E-state index is 12.7. The Balaban J connectivity index is 2.26. The van der Waals surface area contributed by atoms with Crippen molar-refractivity contribution in [2.75, 3.05) is 12.4 Å². The minimum atomic E-state index is -1.07. The normalized spacial score (nSPS) is 11.8. The first-order valence-electron chi connectivity index (χ1n) is 7.71. The van der Waals surface area contributed by atoms with Crippen LogP contribution < -0.4 is 10.1 Å². The van der Waals surface area contributed by atoms with Crippen LogP contribution in [0.1, 0.15) is 35.7 Å². The lowest BCUT2D eigenvalue weighted by atomic mass is 9.87. The number of methoxy groups -OCH3 is 1. The largest absolute Gasteiger partial charge is 0.496 e. The van der Waals surface area contributed by atoms with E-state index in [4.69, 9.17) is 9.84 Å². The Morgan fingerprint density at radius 1 is 1.08 bits per heavy atom. The summed E-state index contributed by atoms with van der Waals surface area (Å²) in [5.41, 5.74) is 1.50. The van der Waals surface area contributed by atoms with Gasteiger partial charge in [0.1, 0.15) is 11.3 Å². The van der Waals surface area contributed by atoms with Crippen LogP contribution in [0.25, 0.3) is 0 Å². The summed E-state index contributed by atoms with van der Waals surface area (Å²) in [5, 5.41) is 12.0. The summed E-state index contributed by atoms with van der Waals surface area (Å²) in [6.07, 6.45) is 0. The molecule has 2 aromatic carbocycles. The molecule has 2 rings (SSSR count). The zero-order chi connectivity index (χ0) is 17.7. The number of carbonyl (C=O) groups is 2. The molecule has 0 aliphatic rings. The van der Waals surface area contributed by atoms with Gasteiger partial charge in [0.25, 0.3) is 0 Å². The van der Waals surface area contributed by atoms with Crippen LogP contribution in [-0.2, 0) is 4.79 Å². The van der Waals surface area contributed by atoms with Gasteiger partial charge < -0.3 is 15.2 Å². The number of anilines is 1. The fourth-order valence-electron chi connectivity index (χ4n) is 2.67. The van der Waals surface area contributed by atoms with Crippen molar-refractivity contribution >= 4 is 17.6 Å². The Bertz CT molecular complexity index is 725. The van der Waals surface area contributed by atoms with Gasteiger partial charge in [0.2, 0.25) is 5.91 Å². The summed E-state index contributed by atoms with van der Waals surface area (Å²) in [4.78, 5) is 23.8. The van der Waals surface area contributed by atoms with Crippen molar-refractivity contribution in [3.05, 3.63) is 59.7 Å². The van der Waals surface area contributed by atoms with Crippen molar-refractivity contribution in [1.29, 1.82) is 0 Å². The van der Waals surface area contributed by atoms with E-state index in [1.54, 1.807) is 6.07 Å². The second-order valence-electron chi connectivity index (χ2n) is 5.84. The average Bonchev–Trinajstić information content (AvgIpc) is 2.55. The smallest absolute Gasteiger partial charge is 0.339 e. The van der Waals surface area contributed by atoms with Gasteiger partial charge in [-0.2, -0.15) is 0 Å². The third-order valence-electron chi connectivity index (χ3n) is 3.81. The van der Waals surface area contributed by atoms with E-state index in [0.29, 0.717) is 5.69 Å². The average molecular weight is 327 g/mol. The third-order valence-corrected chi connectivity index (χ3v) is 3.81. The van der Waals surface area contributed by atoms with Crippen molar-refractivity contribution in [3.8, 4) is 5.75 Å². The topological polar surface area (TPSA) is 75.6 Å². The lowest BCUT2D eigenvalue weighted by molar-refractivity contribution is -0.118. The van der Waals surface area contributed by atoms with E-state index in [2.05, 4.69) is 5.32 Å². The lowest BCUT2D eigenvalue weighted by Crippen LogP contribution is -2.25. The van der Waals surface area contributed by atoms with Crippen LogP contribution in [0.2, 0.25) is 0 Å². The molecule has 5 heteroatoms. The summed E-state index contributed by atoms with van der Waals surface area (Å²) >= 11 is 0. The molecular formula is C19H21NO4. The number of hydrogen-bond acceptors (Lipinski definition) is 3. The van der Waals surface area contributed by atoms with Gasteiger partial charge in [-0.1, -0.05) is 44.2 Å². The Morgan fingerprint density at radius 3 is 2.29 bits per heavy atom. The number of aromatic carboxylic acids is 1. The predicted octanol–water partition coefficient (Wildman–Crippen LogP) is 3.77. The summed E-state index contributed by atoms with van der Waals surface area (Å²) in [6, 6.07) is 14.1. The first-order chi connectivity index (χ1) is 11.4. The molecule has 0 saturated heterocycles. The van der Waals surface area contributed by atoms with Gasteiger partial charge in [0.15, 0.2) is 0 Å². The van der Waals surface area contributed by atoms with Crippen LogP contribution in [0.15, 0.2) is 48.5 Å². The van der Waals surface area contributed by atoms with Crippen LogP contribution in [0.3, 0.4) is 0 Å². The highest BCUT2D eigenvalue weighted by molar-refractivity contribution is 5.97. The molecule has 0 radical (unpaired) electrons. The van der Waals surface area contributed by atoms with Crippen molar-refractivity contribution in [1.82, 2.24) is 0 Å². The lowest BCUT2D eigenvalue weighted by Gasteiger charge is -2.21. The molecule has 0 aliphatic carbocycles. The molecule has 2 N–H and O–H groups in total. The molecule has 0 saturated carbocycles. The van der Waals surface area contributed by atoms with Crippen LogP contribution in [0.4, 0.5) is 5.69 Å². The number of hydrogen-bond donors (Lipinski definition) is 2. The Morgan fingerprint density at radius 2 is 1.75 bits per heavy atom.